The van der Waals surface area contributed by atoms with Gasteiger partial charge in [0.05, 0.1) is 6.20 Å². The van der Waals surface area contributed by atoms with Crippen LogP contribution in [0.5, 0.6) is 0 Å². The molecule has 3 nitrogen and oxygen atoms in total. The van der Waals surface area contributed by atoms with Crippen molar-refractivity contribution in [2.24, 2.45) is 0 Å². The summed E-state index contributed by atoms with van der Waals surface area (Å²) in [7, 11) is 0. The van der Waals surface area contributed by atoms with Crippen molar-refractivity contribution in [3.05, 3.63) is 38.8 Å². The minimum absolute atomic E-state index is 0.598. The second-order valence-electron chi connectivity index (χ2n) is 2.61. The van der Waals surface area contributed by atoms with E-state index in [2.05, 4.69) is 26.1 Å². The second-order valence-corrected chi connectivity index (χ2v) is 4.21. The molecule has 0 aliphatic rings. The van der Waals surface area contributed by atoms with E-state index in [4.69, 9.17) is 0 Å². The Morgan fingerprint density at radius 2 is 2.38 bits per heavy atom. The number of aromatic nitrogens is 2. The lowest BCUT2D eigenvalue weighted by atomic mass is 10.1. The Bertz CT molecular complexity index is 385. The van der Waals surface area contributed by atoms with Crippen molar-refractivity contribution in [1.29, 1.82) is 0 Å². The van der Waals surface area contributed by atoms with Crippen LogP contribution in [0.25, 0.3) is 0 Å². The topological polar surface area (TPSA) is 48.9 Å². The van der Waals surface area contributed by atoms with Crippen LogP contribution in [-0.2, 0) is 0 Å². The summed E-state index contributed by atoms with van der Waals surface area (Å²) in [6, 6.07) is 0. The van der Waals surface area contributed by atoms with Gasteiger partial charge in [-0.15, -0.1) is 0 Å². The second kappa shape index (κ2) is 3.61. The van der Waals surface area contributed by atoms with Crippen LogP contribution in [-0.4, -0.2) is 15.3 Å². The van der Waals surface area contributed by atoms with Crippen molar-refractivity contribution < 1.29 is 5.11 Å². The van der Waals surface area contributed by atoms with Crippen LogP contribution in [0.1, 0.15) is 17.2 Å². The highest BCUT2D eigenvalue weighted by Crippen LogP contribution is 2.30. The molecule has 13 heavy (non-hydrogen) atoms. The van der Waals surface area contributed by atoms with E-state index in [1.807, 2.05) is 10.8 Å². The van der Waals surface area contributed by atoms with Gasteiger partial charge in [0.2, 0.25) is 0 Å². The zero-order chi connectivity index (χ0) is 9.26. The van der Waals surface area contributed by atoms with Crippen LogP contribution >= 0.6 is 27.3 Å². The van der Waals surface area contributed by atoms with Gasteiger partial charge in [0.25, 0.3) is 0 Å². The standard InChI is InChI=1S/C8H7BrN2OS/c9-7-4-13-3-6(7)8(12)5-1-10-11-2-5/h1-4,8,12H,(H,10,11). The first-order valence-electron chi connectivity index (χ1n) is 3.67. The largest absolute Gasteiger partial charge is 0.383 e. The van der Waals surface area contributed by atoms with Crippen molar-refractivity contribution in [2.45, 2.75) is 6.10 Å². The Kier molecular flexibility index (Phi) is 2.48. The number of nitrogens with zero attached hydrogens (tertiary/aromatic N) is 1. The van der Waals surface area contributed by atoms with Crippen LogP contribution in [0.15, 0.2) is 27.6 Å². The maximum Gasteiger partial charge on any atom is 0.109 e. The molecule has 0 amide bonds. The van der Waals surface area contributed by atoms with Crippen molar-refractivity contribution in [3.8, 4) is 0 Å². The van der Waals surface area contributed by atoms with Crippen LogP contribution < -0.4 is 0 Å². The van der Waals surface area contributed by atoms with E-state index in [0.29, 0.717) is 0 Å². The van der Waals surface area contributed by atoms with Gasteiger partial charge in [0.15, 0.2) is 0 Å². The zero-order valence-electron chi connectivity index (χ0n) is 6.57. The van der Waals surface area contributed by atoms with E-state index in [1.165, 1.54) is 0 Å². The van der Waals surface area contributed by atoms with E-state index < -0.39 is 6.10 Å². The Morgan fingerprint density at radius 1 is 1.54 bits per heavy atom. The SMILES string of the molecule is OC(c1cn[nH]c1)c1cscc1Br. The smallest absolute Gasteiger partial charge is 0.109 e. The number of aliphatic hydroxyl groups is 1. The van der Waals surface area contributed by atoms with Gasteiger partial charge in [-0.2, -0.15) is 16.4 Å². The molecule has 0 bridgehead atoms. The zero-order valence-corrected chi connectivity index (χ0v) is 8.97. The molecular weight excluding hydrogens is 252 g/mol. The van der Waals surface area contributed by atoms with Crippen molar-refractivity contribution in [2.75, 3.05) is 0 Å². The number of thiophene rings is 1. The molecule has 1 atom stereocenters. The summed E-state index contributed by atoms with van der Waals surface area (Å²) < 4.78 is 0.936. The molecule has 2 N–H and O–H groups in total. The summed E-state index contributed by atoms with van der Waals surface area (Å²) in [5.74, 6) is 0. The predicted molar refractivity (Wildman–Crippen MR) is 54.7 cm³/mol. The molecule has 0 spiro atoms. The third kappa shape index (κ3) is 1.67. The first-order chi connectivity index (χ1) is 6.29. The Balaban J connectivity index is 2.33. The molecule has 1 unspecified atom stereocenters. The fourth-order valence-corrected chi connectivity index (χ4v) is 2.61. The van der Waals surface area contributed by atoms with E-state index in [9.17, 15) is 5.11 Å². The molecule has 2 aromatic heterocycles. The van der Waals surface area contributed by atoms with Gasteiger partial charge in [0.1, 0.15) is 6.10 Å². The number of halogens is 1. The lowest BCUT2D eigenvalue weighted by molar-refractivity contribution is 0.220. The average Bonchev–Trinajstić information content (AvgIpc) is 2.72. The Labute approximate surface area is 87.6 Å². The molecule has 0 aromatic carbocycles. The first-order valence-corrected chi connectivity index (χ1v) is 5.41. The fourth-order valence-electron chi connectivity index (χ4n) is 1.08. The third-order valence-corrected chi connectivity index (χ3v) is 3.52. The first kappa shape index (κ1) is 8.93. The number of rotatable bonds is 2. The molecule has 2 aromatic rings. The molecule has 0 aliphatic carbocycles. The summed E-state index contributed by atoms with van der Waals surface area (Å²) >= 11 is 4.93. The molecule has 0 aliphatic heterocycles. The summed E-state index contributed by atoms with van der Waals surface area (Å²) in [6.45, 7) is 0. The lowest BCUT2D eigenvalue weighted by Gasteiger charge is -2.06. The van der Waals surface area contributed by atoms with Gasteiger partial charge in [0, 0.05) is 27.2 Å². The minimum atomic E-state index is -0.598. The van der Waals surface area contributed by atoms with E-state index in [1.54, 1.807) is 23.7 Å². The lowest BCUT2D eigenvalue weighted by Crippen LogP contribution is -1.96. The van der Waals surface area contributed by atoms with Crippen LogP contribution in [0.4, 0.5) is 0 Å². The third-order valence-electron chi connectivity index (χ3n) is 1.77. The number of aromatic amines is 1. The summed E-state index contributed by atoms with van der Waals surface area (Å²) in [4.78, 5) is 0. The van der Waals surface area contributed by atoms with E-state index in [-0.39, 0.29) is 0 Å². The molecule has 0 radical (unpaired) electrons. The predicted octanol–water partition coefficient (Wildman–Crippen LogP) is 2.32. The molecule has 0 fully saturated rings. The van der Waals surface area contributed by atoms with Gasteiger partial charge < -0.3 is 5.11 Å². The van der Waals surface area contributed by atoms with Gasteiger partial charge in [-0.25, -0.2) is 0 Å². The fraction of sp³-hybridized carbons (Fsp3) is 0.125. The maximum atomic E-state index is 9.87. The number of H-pyrrole nitrogens is 1. The van der Waals surface area contributed by atoms with E-state index >= 15 is 0 Å². The number of nitrogens with one attached hydrogen (secondary N) is 1. The number of hydrogen-bond donors (Lipinski definition) is 2. The van der Waals surface area contributed by atoms with Crippen molar-refractivity contribution in [3.63, 3.8) is 0 Å². The Hall–Kier alpha value is -0.650. The molecular formula is C8H7BrN2OS. The van der Waals surface area contributed by atoms with E-state index in [0.717, 1.165) is 15.6 Å². The van der Waals surface area contributed by atoms with Crippen molar-refractivity contribution >= 4 is 27.3 Å². The molecule has 2 heterocycles. The summed E-state index contributed by atoms with van der Waals surface area (Å²) in [5.41, 5.74) is 1.66. The van der Waals surface area contributed by atoms with Gasteiger partial charge >= 0.3 is 0 Å². The summed E-state index contributed by atoms with van der Waals surface area (Å²) in [6.07, 6.45) is 2.71. The molecule has 2 rings (SSSR count). The highest BCUT2D eigenvalue weighted by atomic mass is 79.9. The maximum absolute atomic E-state index is 9.87. The van der Waals surface area contributed by atoms with Crippen LogP contribution in [0.3, 0.4) is 0 Å². The average molecular weight is 259 g/mol. The van der Waals surface area contributed by atoms with Gasteiger partial charge in [-0.1, -0.05) is 0 Å². The monoisotopic (exact) mass is 258 g/mol. The highest BCUT2D eigenvalue weighted by molar-refractivity contribution is 9.10. The molecule has 0 saturated heterocycles. The highest BCUT2D eigenvalue weighted by Gasteiger charge is 2.14. The molecule has 68 valence electrons. The van der Waals surface area contributed by atoms with Crippen molar-refractivity contribution in [1.82, 2.24) is 10.2 Å². The van der Waals surface area contributed by atoms with Gasteiger partial charge in [-0.3, -0.25) is 5.10 Å². The van der Waals surface area contributed by atoms with Crippen LogP contribution in [0.2, 0.25) is 0 Å². The van der Waals surface area contributed by atoms with Crippen LogP contribution in [0, 0.1) is 0 Å². The summed E-state index contributed by atoms with van der Waals surface area (Å²) in [5, 5.41) is 20.2. The normalized spacial score (nSPS) is 13.1. The number of hydrogen-bond acceptors (Lipinski definition) is 3. The molecule has 0 saturated carbocycles. The van der Waals surface area contributed by atoms with Gasteiger partial charge in [-0.05, 0) is 21.3 Å². The molecule has 5 heteroatoms. The number of aliphatic hydroxyl groups excluding tert-OH is 1. The minimum Gasteiger partial charge on any atom is -0.383 e. The quantitative estimate of drug-likeness (QED) is 0.869. The Morgan fingerprint density at radius 3 is 2.92 bits per heavy atom.